The van der Waals surface area contributed by atoms with Gasteiger partial charge in [-0.05, 0) is 17.7 Å². The average molecular weight is 201 g/mol. The molecule has 3 heteroatoms. The molecule has 62 valence electrons. The van der Waals surface area contributed by atoms with Crippen LogP contribution < -0.4 is 0 Å². The van der Waals surface area contributed by atoms with E-state index in [4.69, 9.17) is 27.9 Å². The number of halogens is 2. The van der Waals surface area contributed by atoms with E-state index in [1.165, 1.54) is 5.56 Å². The fourth-order valence-electron chi connectivity index (χ4n) is 1.89. The Morgan fingerprint density at radius 2 is 2.17 bits per heavy atom. The van der Waals surface area contributed by atoms with E-state index in [2.05, 4.69) is 0 Å². The Morgan fingerprint density at radius 3 is 3.00 bits per heavy atom. The molecule has 0 N–H and O–H groups in total. The summed E-state index contributed by atoms with van der Waals surface area (Å²) < 4.78 is 5.37. The highest BCUT2D eigenvalue weighted by molar-refractivity contribution is 6.35. The minimum Gasteiger partial charge on any atom is -0.364 e. The molecule has 0 radical (unpaired) electrons. The molecule has 1 saturated heterocycles. The zero-order valence-electron chi connectivity index (χ0n) is 6.18. The molecule has 1 fully saturated rings. The maximum Gasteiger partial charge on any atom is 0.111 e. The molecule has 1 nitrogen and oxygen atoms in total. The number of benzene rings is 1. The van der Waals surface area contributed by atoms with Gasteiger partial charge in [0, 0.05) is 22.0 Å². The minimum atomic E-state index is 0.268. The fraction of sp³-hybridized carbons (Fsp3) is 0.333. The van der Waals surface area contributed by atoms with E-state index in [-0.39, 0.29) is 6.10 Å². The first kappa shape index (κ1) is 7.19. The monoisotopic (exact) mass is 200 g/mol. The summed E-state index contributed by atoms with van der Waals surface area (Å²) in [5, 5.41) is 1.47. The lowest BCUT2D eigenvalue weighted by Gasteiger charge is -2.04. The van der Waals surface area contributed by atoms with Crippen molar-refractivity contribution < 1.29 is 4.74 Å². The van der Waals surface area contributed by atoms with Gasteiger partial charge in [0.15, 0.2) is 0 Å². The molecule has 2 aliphatic rings. The van der Waals surface area contributed by atoms with Crippen LogP contribution in [0.3, 0.4) is 0 Å². The summed E-state index contributed by atoms with van der Waals surface area (Å²) in [4.78, 5) is 0. The van der Waals surface area contributed by atoms with Crippen LogP contribution in [0.15, 0.2) is 12.1 Å². The van der Waals surface area contributed by atoms with E-state index >= 15 is 0 Å². The summed E-state index contributed by atoms with van der Waals surface area (Å²) in [6.45, 7) is 0. The van der Waals surface area contributed by atoms with Gasteiger partial charge in [0.05, 0.1) is 6.10 Å². The van der Waals surface area contributed by atoms with Crippen LogP contribution in [0.5, 0.6) is 0 Å². The topological polar surface area (TPSA) is 12.5 Å². The molecule has 1 aliphatic heterocycles. The molecule has 2 atom stereocenters. The molecule has 1 aliphatic carbocycles. The Kier molecular flexibility index (Phi) is 1.30. The zero-order valence-corrected chi connectivity index (χ0v) is 7.69. The lowest BCUT2D eigenvalue weighted by molar-refractivity contribution is 0.361. The van der Waals surface area contributed by atoms with Crippen molar-refractivity contribution in [3.8, 4) is 0 Å². The van der Waals surface area contributed by atoms with Crippen molar-refractivity contribution in [2.24, 2.45) is 0 Å². The normalized spacial score (nSPS) is 29.8. The predicted molar refractivity (Wildman–Crippen MR) is 47.8 cm³/mol. The molecule has 0 spiro atoms. The van der Waals surface area contributed by atoms with Gasteiger partial charge in [0.2, 0.25) is 0 Å². The third-order valence-corrected chi connectivity index (χ3v) is 3.00. The molecular formula is C9H6Cl2O. The first-order valence-corrected chi connectivity index (χ1v) is 4.64. The van der Waals surface area contributed by atoms with Crippen molar-refractivity contribution in [2.45, 2.75) is 18.6 Å². The lowest BCUT2D eigenvalue weighted by atomic mass is 10.1. The van der Waals surface area contributed by atoms with Gasteiger partial charge in [-0.2, -0.15) is 0 Å². The second kappa shape index (κ2) is 2.16. The number of rotatable bonds is 0. The lowest BCUT2D eigenvalue weighted by Crippen LogP contribution is -1.89. The Balaban J connectivity index is 2.24. The van der Waals surface area contributed by atoms with Gasteiger partial charge in [-0.1, -0.05) is 23.2 Å². The van der Waals surface area contributed by atoms with Gasteiger partial charge >= 0.3 is 0 Å². The van der Waals surface area contributed by atoms with Crippen molar-refractivity contribution in [1.29, 1.82) is 0 Å². The minimum absolute atomic E-state index is 0.268. The first-order valence-electron chi connectivity index (χ1n) is 3.89. The van der Waals surface area contributed by atoms with E-state index in [1.807, 2.05) is 6.07 Å². The highest BCUT2D eigenvalue weighted by atomic mass is 35.5. The van der Waals surface area contributed by atoms with E-state index in [9.17, 15) is 0 Å². The van der Waals surface area contributed by atoms with Crippen LogP contribution in [0.2, 0.25) is 10.0 Å². The molecule has 0 saturated carbocycles. The van der Waals surface area contributed by atoms with Gasteiger partial charge < -0.3 is 4.74 Å². The van der Waals surface area contributed by atoms with Crippen LogP contribution in [0.1, 0.15) is 17.2 Å². The highest BCUT2D eigenvalue weighted by Gasteiger charge is 2.48. The summed E-state index contributed by atoms with van der Waals surface area (Å²) in [6, 6.07) is 3.77. The Hall–Kier alpha value is -0.240. The van der Waals surface area contributed by atoms with Crippen molar-refractivity contribution in [2.75, 3.05) is 0 Å². The summed E-state index contributed by atoms with van der Waals surface area (Å²) >= 11 is 11.9. The molecule has 12 heavy (non-hydrogen) atoms. The molecule has 1 aromatic carbocycles. The van der Waals surface area contributed by atoms with Crippen LogP contribution >= 0.6 is 23.2 Å². The van der Waals surface area contributed by atoms with Crippen molar-refractivity contribution in [1.82, 2.24) is 0 Å². The Morgan fingerprint density at radius 1 is 1.33 bits per heavy atom. The second-order valence-electron chi connectivity index (χ2n) is 3.26. The predicted octanol–water partition coefficient (Wildman–Crippen LogP) is 2.99. The molecule has 2 unspecified atom stereocenters. The van der Waals surface area contributed by atoms with Gasteiger partial charge in [-0.15, -0.1) is 0 Å². The van der Waals surface area contributed by atoms with Gasteiger partial charge in [-0.25, -0.2) is 0 Å². The number of fused-ring (bicyclic) bond motifs is 3. The van der Waals surface area contributed by atoms with E-state index in [1.54, 1.807) is 6.07 Å². The zero-order chi connectivity index (χ0) is 8.29. The highest BCUT2D eigenvalue weighted by Crippen LogP contribution is 2.51. The number of epoxide rings is 1. The molecular weight excluding hydrogens is 195 g/mol. The number of hydrogen-bond acceptors (Lipinski definition) is 1. The van der Waals surface area contributed by atoms with E-state index in [0.717, 1.165) is 22.0 Å². The van der Waals surface area contributed by atoms with Crippen LogP contribution in [0.25, 0.3) is 0 Å². The third-order valence-electron chi connectivity index (χ3n) is 2.47. The Bertz CT molecular complexity index is 362. The van der Waals surface area contributed by atoms with Crippen molar-refractivity contribution in [3.63, 3.8) is 0 Å². The summed E-state index contributed by atoms with van der Waals surface area (Å²) in [7, 11) is 0. The molecule has 0 aromatic heterocycles. The van der Waals surface area contributed by atoms with Crippen molar-refractivity contribution >= 4 is 23.2 Å². The molecule has 3 rings (SSSR count). The van der Waals surface area contributed by atoms with Gasteiger partial charge in [0.25, 0.3) is 0 Å². The maximum absolute atomic E-state index is 6.03. The largest absolute Gasteiger partial charge is 0.364 e. The molecule has 1 heterocycles. The van der Waals surface area contributed by atoms with Crippen molar-refractivity contribution in [3.05, 3.63) is 33.3 Å². The fourth-order valence-corrected chi connectivity index (χ4v) is 2.54. The van der Waals surface area contributed by atoms with Crippen LogP contribution in [-0.4, -0.2) is 6.10 Å². The number of ether oxygens (including phenoxy) is 1. The van der Waals surface area contributed by atoms with Gasteiger partial charge in [0.1, 0.15) is 6.10 Å². The summed E-state index contributed by atoms with van der Waals surface area (Å²) in [5.74, 6) is 0. The molecule has 0 amide bonds. The van der Waals surface area contributed by atoms with Crippen LogP contribution in [0, 0.1) is 0 Å². The summed E-state index contributed by atoms with van der Waals surface area (Å²) in [5.41, 5.74) is 2.42. The Labute approximate surface area is 80.2 Å². The van der Waals surface area contributed by atoms with Crippen LogP contribution in [0.4, 0.5) is 0 Å². The van der Waals surface area contributed by atoms with Crippen LogP contribution in [-0.2, 0) is 11.2 Å². The standard InChI is InChI=1S/C9H6Cl2O/c10-5-1-4-2-7-9(12-7)8(4)6(11)3-5/h1,3,7,9H,2H2. The quantitative estimate of drug-likeness (QED) is 0.587. The van der Waals surface area contributed by atoms with E-state index in [0.29, 0.717) is 6.10 Å². The second-order valence-corrected chi connectivity index (χ2v) is 4.10. The summed E-state index contributed by atoms with van der Waals surface area (Å²) in [6.07, 6.45) is 1.63. The molecule has 0 bridgehead atoms. The molecule has 1 aromatic rings. The maximum atomic E-state index is 6.03. The van der Waals surface area contributed by atoms with E-state index < -0.39 is 0 Å². The first-order chi connectivity index (χ1) is 5.75. The number of hydrogen-bond donors (Lipinski definition) is 0. The smallest absolute Gasteiger partial charge is 0.111 e. The SMILES string of the molecule is Clc1cc(Cl)c2c(c1)CC1OC21. The average Bonchev–Trinajstić information content (AvgIpc) is 2.60. The van der Waals surface area contributed by atoms with Gasteiger partial charge in [-0.3, -0.25) is 0 Å². The third kappa shape index (κ3) is 0.846.